The van der Waals surface area contributed by atoms with Crippen molar-refractivity contribution in [2.75, 3.05) is 31.1 Å². The molecule has 0 saturated carbocycles. The molecule has 0 atom stereocenters. The third-order valence-electron chi connectivity index (χ3n) is 5.56. The van der Waals surface area contributed by atoms with Crippen molar-refractivity contribution in [3.05, 3.63) is 59.0 Å². The third kappa shape index (κ3) is 3.06. The number of aryl methyl sites for hydroxylation is 3. The quantitative estimate of drug-likeness (QED) is 0.509. The van der Waals surface area contributed by atoms with Crippen LogP contribution in [0.2, 0.25) is 0 Å². The summed E-state index contributed by atoms with van der Waals surface area (Å²) in [6.07, 6.45) is 1.91. The van der Waals surface area contributed by atoms with E-state index in [4.69, 9.17) is 4.98 Å². The summed E-state index contributed by atoms with van der Waals surface area (Å²) in [5.74, 6) is 0.0524. The zero-order valence-electron chi connectivity index (χ0n) is 16.8. The molecule has 5 rings (SSSR count). The van der Waals surface area contributed by atoms with E-state index in [-0.39, 0.29) is 5.91 Å². The van der Waals surface area contributed by atoms with Crippen molar-refractivity contribution in [1.82, 2.24) is 19.3 Å². The van der Waals surface area contributed by atoms with Crippen LogP contribution in [0.1, 0.15) is 27.3 Å². The van der Waals surface area contributed by atoms with Gasteiger partial charge in [-0.1, -0.05) is 23.5 Å². The van der Waals surface area contributed by atoms with Gasteiger partial charge in [-0.2, -0.15) is 0 Å². The fourth-order valence-electron chi connectivity index (χ4n) is 4.12. The number of amides is 1. The van der Waals surface area contributed by atoms with Crippen molar-refractivity contribution in [2.45, 2.75) is 20.8 Å². The maximum absolute atomic E-state index is 13.2. The normalized spacial score (nSPS) is 14.9. The number of piperazine rings is 1. The molecule has 3 aromatic heterocycles. The molecular weight excluding hydrogens is 382 g/mol. The molecule has 1 fully saturated rings. The van der Waals surface area contributed by atoms with Gasteiger partial charge in [0.25, 0.3) is 5.91 Å². The van der Waals surface area contributed by atoms with Crippen LogP contribution in [0, 0.1) is 20.8 Å². The van der Waals surface area contributed by atoms with Crippen molar-refractivity contribution in [1.29, 1.82) is 0 Å². The number of benzene rings is 1. The van der Waals surface area contributed by atoms with E-state index < -0.39 is 0 Å². The van der Waals surface area contributed by atoms with Crippen molar-refractivity contribution in [2.24, 2.45) is 0 Å². The Bertz CT molecular complexity index is 1230. The summed E-state index contributed by atoms with van der Waals surface area (Å²) in [5.41, 5.74) is 5.84. The molecule has 1 aliphatic heterocycles. The lowest BCUT2D eigenvalue weighted by atomic mass is 10.1. The molecule has 1 saturated heterocycles. The molecule has 0 radical (unpaired) electrons. The molecule has 0 N–H and O–H groups in total. The molecule has 1 aromatic carbocycles. The zero-order chi connectivity index (χ0) is 20.1. The van der Waals surface area contributed by atoms with E-state index in [0.29, 0.717) is 18.8 Å². The molecule has 1 amide bonds. The number of fused-ring (bicyclic) bond motifs is 2. The van der Waals surface area contributed by atoms with Crippen LogP contribution in [0.3, 0.4) is 0 Å². The molecule has 1 aliphatic rings. The minimum absolute atomic E-state index is 0.0524. The number of carbonyl (C=O) groups excluding carboxylic acids is 1. The molecular formula is C22H23N5OS. The highest BCUT2D eigenvalue weighted by Crippen LogP contribution is 2.32. The molecule has 0 aliphatic carbocycles. The fraction of sp³-hybridized carbons (Fsp3) is 0.318. The van der Waals surface area contributed by atoms with Crippen molar-refractivity contribution in [3.63, 3.8) is 0 Å². The first-order valence-electron chi connectivity index (χ1n) is 9.87. The molecule has 6 nitrogen and oxygen atoms in total. The first-order chi connectivity index (χ1) is 14.0. The molecule has 7 heteroatoms. The van der Waals surface area contributed by atoms with Crippen LogP contribution in [-0.2, 0) is 0 Å². The number of hydrogen-bond donors (Lipinski definition) is 0. The van der Waals surface area contributed by atoms with Crippen molar-refractivity contribution >= 4 is 38.2 Å². The lowest BCUT2D eigenvalue weighted by Crippen LogP contribution is -2.49. The Morgan fingerprint density at radius 1 is 1.03 bits per heavy atom. The van der Waals surface area contributed by atoms with Crippen LogP contribution < -0.4 is 4.90 Å². The highest BCUT2D eigenvalue weighted by atomic mass is 32.1. The van der Waals surface area contributed by atoms with Gasteiger partial charge in [0.05, 0.1) is 15.9 Å². The Hall–Kier alpha value is -2.93. The number of pyridine rings is 1. The molecule has 4 aromatic rings. The summed E-state index contributed by atoms with van der Waals surface area (Å²) < 4.78 is 3.13. The highest BCUT2D eigenvalue weighted by molar-refractivity contribution is 7.22. The van der Waals surface area contributed by atoms with Gasteiger partial charge in [-0.3, -0.25) is 9.20 Å². The number of aromatic nitrogens is 3. The van der Waals surface area contributed by atoms with Crippen LogP contribution in [0.4, 0.5) is 5.13 Å². The number of nitrogens with zero attached hydrogens (tertiary/aromatic N) is 5. The summed E-state index contributed by atoms with van der Waals surface area (Å²) in [4.78, 5) is 26.8. The summed E-state index contributed by atoms with van der Waals surface area (Å²) in [7, 11) is 0. The Morgan fingerprint density at radius 3 is 2.62 bits per heavy atom. The average Bonchev–Trinajstić information content (AvgIpc) is 3.28. The highest BCUT2D eigenvalue weighted by Gasteiger charge is 2.27. The predicted molar refractivity (Wildman–Crippen MR) is 117 cm³/mol. The fourth-order valence-corrected chi connectivity index (χ4v) is 5.31. The van der Waals surface area contributed by atoms with Crippen molar-refractivity contribution < 1.29 is 4.79 Å². The topological polar surface area (TPSA) is 53.7 Å². The van der Waals surface area contributed by atoms with E-state index in [0.717, 1.165) is 35.1 Å². The van der Waals surface area contributed by atoms with Gasteiger partial charge in [0, 0.05) is 32.4 Å². The lowest BCUT2D eigenvalue weighted by Gasteiger charge is -2.34. The molecule has 0 bridgehead atoms. The van der Waals surface area contributed by atoms with Gasteiger partial charge in [0.2, 0.25) is 0 Å². The molecule has 148 valence electrons. The van der Waals surface area contributed by atoms with Crippen molar-refractivity contribution in [3.8, 4) is 0 Å². The average molecular weight is 406 g/mol. The van der Waals surface area contributed by atoms with Gasteiger partial charge in [-0.05, 0) is 50.1 Å². The minimum atomic E-state index is 0.0524. The van der Waals surface area contributed by atoms with Crippen LogP contribution in [0.15, 0.2) is 36.5 Å². The van der Waals surface area contributed by atoms with E-state index in [9.17, 15) is 4.79 Å². The third-order valence-corrected chi connectivity index (χ3v) is 6.63. The van der Waals surface area contributed by atoms with Gasteiger partial charge >= 0.3 is 0 Å². The van der Waals surface area contributed by atoms with E-state index >= 15 is 0 Å². The predicted octanol–water partition coefficient (Wildman–Crippen LogP) is 3.83. The maximum atomic E-state index is 13.2. The second kappa shape index (κ2) is 6.84. The van der Waals surface area contributed by atoms with Gasteiger partial charge in [-0.25, -0.2) is 9.97 Å². The lowest BCUT2D eigenvalue weighted by molar-refractivity contribution is 0.0739. The number of rotatable bonds is 2. The second-order valence-corrected chi connectivity index (χ2v) is 8.69. The summed E-state index contributed by atoms with van der Waals surface area (Å²) in [6, 6.07) is 10.2. The van der Waals surface area contributed by atoms with Crippen LogP contribution >= 0.6 is 11.3 Å². The maximum Gasteiger partial charge on any atom is 0.272 e. The monoisotopic (exact) mass is 405 g/mol. The first-order valence-corrected chi connectivity index (χ1v) is 10.7. The summed E-state index contributed by atoms with van der Waals surface area (Å²) >= 11 is 1.74. The standard InChI is InChI=1S/C22H23N5OS/c1-14-12-15(2)19-17(13-14)29-22(24-19)26-10-8-25(9-11-26)21(28)20-16(3)23-18-6-4-5-7-27(18)20/h4-7,12-13H,8-11H2,1-3H3. The summed E-state index contributed by atoms with van der Waals surface area (Å²) in [5, 5.41) is 1.05. The Kier molecular flexibility index (Phi) is 4.28. The molecule has 0 unspecified atom stereocenters. The van der Waals surface area contributed by atoms with Gasteiger partial charge in [-0.15, -0.1) is 0 Å². The first kappa shape index (κ1) is 18.1. The second-order valence-electron chi connectivity index (χ2n) is 7.68. The molecule has 29 heavy (non-hydrogen) atoms. The minimum Gasteiger partial charge on any atom is -0.345 e. The van der Waals surface area contributed by atoms with E-state index in [1.807, 2.05) is 40.6 Å². The Morgan fingerprint density at radius 2 is 1.83 bits per heavy atom. The van der Waals surface area contributed by atoms with Crippen LogP contribution in [-0.4, -0.2) is 51.4 Å². The number of carbonyl (C=O) groups is 1. The zero-order valence-corrected chi connectivity index (χ0v) is 17.7. The summed E-state index contributed by atoms with van der Waals surface area (Å²) in [6.45, 7) is 9.10. The van der Waals surface area contributed by atoms with Crippen LogP contribution in [0.5, 0.6) is 0 Å². The molecule has 4 heterocycles. The molecule has 0 spiro atoms. The largest absolute Gasteiger partial charge is 0.345 e. The number of anilines is 1. The van der Waals surface area contributed by atoms with E-state index in [2.05, 4.69) is 35.9 Å². The van der Waals surface area contributed by atoms with Gasteiger partial charge < -0.3 is 9.80 Å². The van der Waals surface area contributed by atoms with Crippen LogP contribution in [0.25, 0.3) is 15.9 Å². The van der Waals surface area contributed by atoms with Gasteiger partial charge in [0.15, 0.2) is 5.13 Å². The Labute approximate surface area is 173 Å². The number of hydrogen-bond acceptors (Lipinski definition) is 5. The van der Waals surface area contributed by atoms with E-state index in [1.165, 1.54) is 15.8 Å². The smallest absolute Gasteiger partial charge is 0.272 e. The number of thiazole rings is 1. The van der Waals surface area contributed by atoms with Gasteiger partial charge in [0.1, 0.15) is 11.3 Å². The van der Waals surface area contributed by atoms with E-state index in [1.54, 1.807) is 11.3 Å². The Balaban J connectivity index is 1.36. The SMILES string of the molecule is Cc1cc(C)c2nc(N3CCN(C(=O)c4c(C)nc5ccccn45)CC3)sc2c1. The number of imidazole rings is 1.